The smallest absolute Gasteiger partial charge is 0.332 e. The highest BCUT2D eigenvalue weighted by atomic mass is 16.5. The largest absolute Gasteiger partial charge is 0.479 e. The Bertz CT molecular complexity index is 430. The lowest BCUT2D eigenvalue weighted by molar-refractivity contribution is -0.154. The Kier molecular flexibility index (Phi) is 4.71. The van der Waals surface area contributed by atoms with E-state index in [1.165, 1.54) is 38.5 Å². The highest BCUT2D eigenvalue weighted by Crippen LogP contribution is 2.44. The summed E-state index contributed by atoms with van der Waals surface area (Å²) in [7, 11) is 0. The van der Waals surface area contributed by atoms with E-state index in [1.807, 2.05) is 4.90 Å². The maximum atomic E-state index is 12.6. The van der Waals surface area contributed by atoms with Gasteiger partial charge in [0, 0.05) is 13.1 Å². The standard InChI is InChI=1S/C17H27NO4/c19-15(13-5-6-14(22-13)16(20)21)18-11-4-9-17(10-12-18)7-2-1-3-8-17/h13-14H,1-12H2,(H,20,21)/t13-,14+/m0/s1. The molecule has 2 saturated heterocycles. The number of likely N-dealkylation sites (tertiary alicyclic amines) is 1. The summed E-state index contributed by atoms with van der Waals surface area (Å²) in [5.74, 6) is -0.941. The van der Waals surface area contributed by atoms with E-state index in [-0.39, 0.29) is 5.91 Å². The Hall–Kier alpha value is -1.10. The number of rotatable bonds is 2. The van der Waals surface area contributed by atoms with Crippen molar-refractivity contribution in [3.63, 3.8) is 0 Å². The number of carboxylic acid groups (broad SMARTS) is 1. The molecule has 0 aromatic rings. The molecule has 0 bridgehead atoms. The van der Waals surface area contributed by atoms with Gasteiger partial charge in [-0.1, -0.05) is 19.3 Å². The van der Waals surface area contributed by atoms with Gasteiger partial charge in [0.1, 0.15) is 6.10 Å². The maximum Gasteiger partial charge on any atom is 0.332 e. The first-order valence-electron chi connectivity index (χ1n) is 8.77. The van der Waals surface area contributed by atoms with Crippen LogP contribution in [0.2, 0.25) is 0 Å². The van der Waals surface area contributed by atoms with Crippen LogP contribution in [0.25, 0.3) is 0 Å². The summed E-state index contributed by atoms with van der Waals surface area (Å²) in [5.41, 5.74) is 0.466. The van der Waals surface area contributed by atoms with Crippen molar-refractivity contribution >= 4 is 11.9 Å². The summed E-state index contributed by atoms with van der Waals surface area (Å²) in [6.45, 7) is 1.62. The monoisotopic (exact) mass is 309 g/mol. The predicted molar refractivity (Wildman–Crippen MR) is 81.5 cm³/mol. The van der Waals surface area contributed by atoms with E-state index >= 15 is 0 Å². The molecule has 0 unspecified atom stereocenters. The van der Waals surface area contributed by atoms with Crippen molar-refractivity contribution in [3.8, 4) is 0 Å². The Labute approximate surface area is 132 Å². The summed E-state index contributed by atoms with van der Waals surface area (Å²) in [6.07, 6.45) is 9.71. The number of carbonyl (C=O) groups excluding carboxylic acids is 1. The van der Waals surface area contributed by atoms with Crippen LogP contribution in [0.3, 0.4) is 0 Å². The zero-order chi connectivity index (χ0) is 15.6. The fourth-order valence-electron chi connectivity index (χ4n) is 4.48. The van der Waals surface area contributed by atoms with Gasteiger partial charge in [0.25, 0.3) is 5.91 Å². The molecule has 0 aromatic heterocycles. The Morgan fingerprint density at radius 3 is 2.27 bits per heavy atom. The molecular weight excluding hydrogens is 282 g/mol. The predicted octanol–water partition coefficient (Wildman–Crippen LogP) is 2.58. The van der Waals surface area contributed by atoms with Crippen LogP contribution < -0.4 is 0 Å². The van der Waals surface area contributed by atoms with Crippen molar-refractivity contribution in [3.05, 3.63) is 0 Å². The van der Waals surface area contributed by atoms with Gasteiger partial charge < -0.3 is 14.7 Å². The Morgan fingerprint density at radius 1 is 0.909 bits per heavy atom. The van der Waals surface area contributed by atoms with Gasteiger partial charge in [0.15, 0.2) is 6.10 Å². The topological polar surface area (TPSA) is 66.8 Å². The molecule has 124 valence electrons. The van der Waals surface area contributed by atoms with E-state index in [4.69, 9.17) is 9.84 Å². The summed E-state index contributed by atoms with van der Waals surface area (Å²) >= 11 is 0. The van der Waals surface area contributed by atoms with Crippen LogP contribution in [0, 0.1) is 5.41 Å². The second-order valence-electron chi connectivity index (χ2n) is 7.27. The molecular formula is C17H27NO4. The molecule has 2 aliphatic heterocycles. The summed E-state index contributed by atoms with van der Waals surface area (Å²) < 4.78 is 5.42. The second-order valence-corrected chi connectivity index (χ2v) is 7.27. The third-order valence-electron chi connectivity index (χ3n) is 5.84. The molecule has 3 rings (SSSR count). The van der Waals surface area contributed by atoms with Crippen LogP contribution in [-0.4, -0.2) is 47.2 Å². The van der Waals surface area contributed by atoms with E-state index < -0.39 is 18.2 Å². The molecule has 0 aromatic carbocycles. The second kappa shape index (κ2) is 6.57. The molecule has 5 heteroatoms. The molecule has 1 aliphatic carbocycles. The van der Waals surface area contributed by atoms with Crippen LogP contribution >= 0.6 is 0 Å². The lowest BCUT2D eigenvalue weighted by Gasteiger charge is -2.36. The van der Waals surface area contributed by atoms with Crippen LogP contribution in [0.4, 0.5) is 0 Å². The number of nitrogens with zero attached hydrogens (tertiary/aromatic N) is 1. The van der Waals surface area contributed by atoms with Crippen LogP contribution in [-0.2, 0) is 14.3 Å². The zero-order valence-electron chi connectivity index (χ0n) is 13.3. The van der Waals surface area contributed by atoms with Gasteiger partial charge in [-0.05, 0) is 50.4 Å². The fraction of sp³-hybridized carbons (Fsp3) is 0.882. The molecule has 1 N–H and O–H groups in total. The lowest BCUT2D eigenvalue weighted by Crippen LogP contribution is -2.40. The molecule has 2 heterocycles. The Balaban J connectivity index is 1.56. The molecule has 5 nitrogen and oxygen atoms in total. The number of carbonyl (C=O) groups is 2. The van der Waals surface area contributed by atoms with Crippen molar-refractivity contribution in [1.82, 2.24) is 4.90 Å². The quantitative estimate of drug-likeness (QED) is 0.851. The van der Waals surface area contributed by atoms with Crippen molar-refractivity contribution in [2.75, 3.05) is 13.1 Å². The Morgan fingerprint density at radius 2 is 1.59 bits per heavy atom. The van der Waals surface area contributed by atoms with Gasteiger partial charge in [0.2, 0.25) is 0 Å². The molecule has 0 radical (unpaired) electrons. The van der Waals surface area contributed by atoms with E-state index in [2.05, 4.69) is 0 Å². The summed E-state index contributed by atoms with van der Waals surface area (Å²) in [4.78, 5) is 25.5. The van der Waals surface area contributed by atoms with Crippen molar-refractivity contribution in [1.29, 1.82) is 0 Å². The van der Waals surface area contributed by atoms with Crippen LogP contribution in [0.1, 0.15) is 64.2 Å². The number of carboxylic acids is 1. The summed E-state index contributed by atoms with van der Waals surface area (Å²) in [5, 5.41) is 8.98. The van der Waals surface area contributed by atoms with Crippen molar-refractivity contribution < 1.29 is 19.4 Å². The van der Waals surface area contributed by atoms with Crippen LogP contribution in [0.5, 0.6) is 0 Å². The number of ether oxygens (including phenoxy) is 1. The number of hydrogen-bond acceptors (Lipinski definition) is 3. The number of amides is 1. The molecule has 1 spiro atoms. The molecule has 3 aliphatic rings. The minimum atomic E-state index is -0.952. The van der Waals surface area contributed by atoms with Gasteiger partial charge in [-0.25, -0.2) is 4.79 Å². The van der Waals surface area contributed by atoms with E-state index in [1.54, 1.807) is 0 Å². The third-order valence-corrected chi connectivity index (χ3v) is 5.84. The first kappa shape index (κ1) is 15.8. The lowest BCUT2D eigenvalue weighted by atomic mass is 9.69. The molecule has 22 heavy (non-hydrogen) atoms. The summed E-state index contributed by atoms with van der Waals surface area (Å²) in [6, 6.07) is 0. The molecule has 2 atom stereocenters. The van der Waals surface area contributed by atoms with Gasteiger partial charge in [0.05, 0.1) is 0 Å². The van der Waals surface area contributed by atoms with Gasteiger partial charge >= 0.3 is 5.97 Å². The van der Waals surface area contributed by atoms with E-state index in [0.717, 1.165) is 25.9 Å². The molecule has 3 fully saturated rings. The number of aliphatic carboxylic acids is 1. The van der Waals surface area contributed by atoms with Crippen molar-refractivity contribution in [2.45, 2.75) is 76.4 Å². The van der Waals surface area contributed by atoms with Gasteiger partial charge in [-0.3, -0.25) is 4.79 Å². The fourth-order valence-corrected chi connectivity index (χ4v) is 4.48. The first-order chi connectivity index (χ1) is 10.6. The third kappa shape index (κ3) is 3.29. The first-order valence-corrected chi connectivity index (χ1v) is 8.77. The van der Waals surface area contributed by atoms with E-state index in [9.17, 15) is 9.59 Å². The van der Waals surface area contributed by atoms with Crippen molar-refractivity contribution in [2.24, 2.45) is 5.41 Å². The molecule has 1 saturated carbocycles. The minimum Gasteiger partial charge on any atom is -0.479 e. The average Bonchev–Trinajstić information content (AvgIpc) is 2.93. The molecule has 1 amide bonds. The number of hydrogen-bond donors (Lipinski definition) is 1. The minimum absolute atomic E-state index is 0.0107. The van der Waals surface area contributed by atoms with Gasteiger partial charge in [-0.15, -0.1) is 0 Å². The SMILES string of the molecule is O=C(O)[C@H]1CC[C@@H](C(=O)N2CCCC3(CCCCC3)CC2)O1. The van der Waals surface area contributed by atoms with Crippen LogP contribution in [0.15, 0.2) is 0 Å². The highest BCUT2D eigenvalue weighted by molar-refractivity contribution is 5.82. The maximum absolute atomic E-state index is 12.6. The average molecular weight is 309 g/mol. The normalized spacial score (nSPS) is 31.9. The highest BCUT2D eigenvalue weighted by Gasteiger charge is 2.39. The zero-order valence-corrected chi connectivity index (χ0v) is 13.3. The van der Waals surface area contributed by atoms with Gasteiger partial charge in [-0.2, -0.15) is 0 Å². The van der Waals surface area contributed by atoms with E-state index in [0.29, 0.717) is 18.3 Å².